The van der Waals surface area contributed by atoms with Gasteiger partial charge in [0.15, 0.2) is 0 Å². The maximum atomic E-state index is 14.6. The molecule has 4 bridgehead atoms. The van der Waals surface area contributed by atoms with Crippen LogP contribution in [0.25, 0.3) is 0 Å². The topological polar surface area (TPSA) is 422 Å². The number of methoxy groups -OCH3 is 3. The molecule has 650 valence electrons. The van der Waals surface area contributed by atoms with Crippen molar-refractivity contribution in [1.82, 2.24) is 31.1 Å². The van der Waals surface area contributed by atoms with E-state index < -0.39 is 108 Å². The van der Waals surface area contributed by atoms with Crippen LogP contribution in [0.1, 0.15) is 101 Å². The zero-order chi connectivity index (χ0) is 85.8. The van der Waals surface area contributed by atoms with Gasteiger partial charge in [0, 0.05) is 89.3 Å². The zero-order valence-electron chi connectivity index (χ0n) is 69.0. The van der Waals surface area contributed by atoms with Crippen molar-refractivity contribution in [3.05, 3.63) is 112 Å². The molecule has 7 rings (SSSR count). The summed E-state index contributed by atoms with van der Waals surface area (Å²) < 4.78 is 79.8. The minimum absolute atomic E-state index is 0.00206. The molecule has 4 aliphatic heterocycles. The molecular weight excluding hydrogens is 1560 g/mol. The lowest BCUT2D eigenvalue weighted by Gasteiger charge is -2.37. The van der Waals surface area contributed by atoms with Gasteiger partial charge in [-0.2, -0.15) is 0 Å². The quantitative estimate of drug-likeness (QED) is 0.0197. The third-order valence-corrected chi connectivity index (χ3v) is 20.3. The van der Waals surface area contributed by atoms with E-state index in [9.17, 15) is 57.8 Å². The summed E-state index contributed by atoms with van der Waals surface area (Å²) in [6, 6.07) is 9.01. The van der Waals surface area contributed by atoms with Gasteiger partial charge in [-0.1, -0.05) is 61.4 Å². The van der Waals surface area contributed by atoms with Gasteiger partial charge in [-0.15, -0.1) is 0 Å². The first-order valence-electron chi connectivity index (χ1n) is 39.3. The van der Waals surface area contributed by atoms with Crippen molar-refractivity contribution in [1.29, 1.82) is 0 Å². The van der Waals surface area contributed by atoms with Crippen LogP contribution in [0.2, 0.25) is 5.02 Å². The fourth-order valence-electron chi connectivity index (χ4n) is 12.9. The fraction of sp³-hybridized carbons (Fsp3) is 0.573. The third-order valence-electron chi connectivity index (χ3n) is 19.9. The van der Waals surface area contributed by atoms with E-state index in [0.717, 1.165) is 20.9 Å². The smallest absolute Gasteiger partial charge is 0.412 e. The van der Waals surface area contributed by atoms with Crippen LogP contribution < -0.4 is 46.3 Å². The Kier molecular flexibility index (Phi) is 39.7. The number of hydrogen-bond acceptors (Lipinski definition) is 25. The number of fused-ring (bicyclic) bond motifs is 5. The van der Waals surface area contributed by atoms with E-state index in [1.807, 2.05) is 44.2 Å². The molecule has 118 heavy (non-hydrogen) atoms. The maximum Gasteiger partial charge on any atom is 0.412 e. The van der Waals surface area contributed by atoms with Crippen LogP contribution in [-0.4, -0.2) is 283 Å². The molecule has 0 aliphatic carbocycles. The Hall–Kier alpha value is -9.66. The number of epoxide rings is 1. The summed E-state index contributed by atoms with van der Waals surface area (Å²) in [7, 11) is 7.32. The van der Waals surface area contributed by atoms with Crippen molar-refractivity contribution in [2.75, 3.05) is 170 Å². The normalized spacial score (nSPS) is 20.1. The van der Waals surface area contributed by atoms with Gasteiger partial charge in [-0.05, 0) is 106 Å². The van der Waals surface area contributed by atoms with E-state index in [1.165, 1.54) is 71.4 Å². The molecular formula is C82H114ClN9O26. The Balaban J connectivity index is 0.804. The Labute approximate surface area is 692 Å². The molecule has 4 heterocycles. The minimum atomic E-state index is -1.29. The summed E-state index contributed by atoms with van der Waals surface area (Å²) in [5.74, 6) is -5.62. The number of allylic oxidation sites excluding steroid dienone is 3. The van der Waals surface area contributed by atoms with Crippen LogP contribution in [0.5, 0.6) is 11.5 Å². The molecule has 0 radical (unpaired) electrons. The fourth-order valence-corrected chi connectivity index (χ4v) is 13.2. The lowest BCUT2D eigenvalue weighted by atomic mass is 9.80. The number of likely N-dealkylation sites (N-methyl/N-ethyl adjacent to an activating group) is 1. The van der Waals surface area contributed by atoms with E-state index in [4.69, 9.17) is 77.9 Å². The van der Waals surface area contributed by atoms with Gasteiger partial charge in [0.05, 0.1) is 155 Å². The summed E-state index contributed by atoms with van der Waals surface area (Å²) >= 11 is 6.85. The number of nitrogens with one attached hydrogen (secondary N) is 6. The third kappa shape index (κ3) is 30.6. The number of alkyl carbamates (subject to hydrolysis) is 1. The van der Waals surface area contributed by atoms with E-state index in [-0.39, 0.29) is 117 Å². The number of carboxylic acid groups (broad SMARTS) is 1. The average Bonchev–Trinajstić information content (AvgIpc) is 1.58. The molecule has 3 aromatic rings. The van der Waals surface area contributed by atoms with Gasteiger partial charge in [0.25, 0.3) is 17.7 Å². The number of halogens is 1. The van der Waals surface area contributed by atoms with Crippen molar-refractivity contribution in [2.45, 2.75) is 141 Å². The first-order valence-corrected chi connectivity index (χ1v) is 39.6. The lowest BCUT2D eigenvalue weighted by Crippen LogP contribution is -2.54. The number of imide groups is 1. The lowest BCUT2D eigenvalue weighted by molar-refractivity contribution is -0.141. The summed E-state index contributed by atoms with van der Waals surface area (Å²) in [6.45, 7) is 15.5. The van der Waals surface area contributed by atoms with E-state index >= 15 is 0 Å². The molecule has 2 unspecified atom stereocenters. The Bertz CT molecular complexity index is 3960. The van der Waals surface area contributed by atoms with Crippen molar-refractivity contribution in [3.8, 4) is 11.5 Å². The number of amides is 10. The van der Waals surface area contributed by atoms with E-state index in [2.05, 4.69) is 31.9 Å². The predicted molar refractivity (Wildman–Crippen MR) is 430 cm³/mol. The second-order valence-corrected chi connectivity index (χ2v) is 29.3. The van der Waals surface area contributed by atoms with Crippen molar-refractivity contribution in [3.63, 3.8) is 0 Å². The number of hydrogen-bond donors (Lipinski definition) is 7. The van der Waals surface area contributed by atoms with Crippen molar-refractivity contribution < 1.29 is 124 Å². The monoisotopic (exact) mass is 1680 g/mol. The van der Waals surface area contributed by atoms with Gasteiger partial charge >= 0.3 is 18.2 Å². The van der Waals surface area contributed by atoms with Crippen LogP contribution in [0.3, 0.4) is 0 Å². The van der Waals surface area contributed by atoms with Gasteiger partial charge in [-0.3, -0.25) is 48.6 Å². The summed E-state index contributed by atoms with van der Waals surface area (Å²) in [5.41, 5.74) is 2.48. The molecule has 3 aromatic carbocycles. The Morgan fingerprint density at radius 1 is 0.720 bits per heavy atom. The molecule has 0 spiro atoms. The van der Waals surface area contributed by atoms with Crippen LogP contribution in [0, 0.1) is 11.8 Å². The molecule has 9 atom stereocenters. The summed E-state index contributed by atoms with van der Waals surface area (Å²) in [5, 5.41) is 26.8. The Morgan fingerprint density at radius 2 is 1.31 bits per heavy atom. The standard InChI is InChI=1S/C82H114ClN9O26/c1-51(2)74(89-69(94)23-27-108-29-31-110-33-35-112-37-39-114-41-42-115-40-38-113-36-34-111-32-30-109-28-25-84-68(93)22-26-92-71(96)19-20-72(92)97)77(99)85-53(4)76(98)86-58-17-15-55(16-18-58)50-116-80(103)87-61-47-57(59(48-66(61)106-10)78(100)90(7)54(5)79(101)102)46-60-65-49-62(88-81(104)117-65)64(105-9)14-12-13-52(3)43-56-44-63(73(83)67(45-56)107-11)91(8)70(95)21-24-82(6)75(60)118-82/h12-20,44-45,47-48,51,53-54,60,62,64-65,74-75H,21-43,46,49-50H2,1-11H3,(H,84,93)(H,85,99)(H,86,98)(H,87,103)(H,88,104)(H,89,94)(H,101,102)/b14-12+,52-13+/t53-,54-,60+,62?,64+,65-,74?,75-,82-/m0/s1. The van der Waals surface area contributed by atoms with Gasteiger partial charge in [0.2, 0.25) is 29.5 Å². The molecule has 0 aromatic heterocycles. The highest BCUT2D eigenvalue weighted by Gasteiger charge is 2.59. The van der Waals surface area contributed by atoms with Crippen LogP contribution in [0.15, 0.2) is 84.5 Å². The predicted octanol–water partition coefficient (Wildman–Crippen LogP) is 5.89. The molecule has 2 saturated heterocycles. The maximum absolute atomic E-state index is 14.6. The number of benzene rings is 3. The molecule has 35 nitrogen and oxygen atoms in total. The number of carbonyl (C=O) groups is 11. The number of ether oxygens (including phenoxy) is 14. The molecule has 4 aliphatic rings. The van der Waals surface area contributed by atoms with Crippen LogP contribution in [0.4, 0.5) is 26.7 Å². The van der Waals surface area contributed by atoms with Crippen molar-refractivity contribution >= 4 is 94.1 Å². The van der Waals surface area contributed by atoms with E-state index in [1.54, 1.807) is 45.2 Å². The minimum Gasteiger partial charge on any atom is -0.495 e. The molecule has 10 amide bonds. The Morgan fingerprint density at radius 3 is 1.87 bits per heavy atom. The van der Waals surface area contributed by atoms with Gasteiger partial charge < -0.3 is 108 Å². The number of nitrogens with zero attached hydrogens (tertiary/aromatic N) is 3. The number of carboxylic acids is 1. The summed E-state index contributed by atoms with van der Waals surface area (Å²) in [4.78, 5) is 147. The van der Waals surface area contributed by atoms with Crippen LogP contribution >= 0.6 is 11.6 Å². The highest BCUT2D eigenvalue weighted by molar-refractivity contribution is 6.35. The first-order chi connectivity index (χ1) is 56.5. The largest absolute Gasteiger partial charge is 0.495 e. The SMILES string of the molecule is COc1cc(C(=O)N(C)[C@@H](C)C(=O)O)c(C[C@@H]2[C@@H]3CC(NC(=O)O3)[C@H](OC)/C=C/C=C(\C)Cc3cc(OC)c(Cl)c(c3)N(C)C(=O)CC[C@]3(C)O[C@@H]23)cc1NC(=O)OCc1ccc(NC(=O)[C@H](C)NC(=O)C(NC(=O)CCOCCOCCOCCOCCOCCOCCOCCOCCNC(=O)CCN2C(=O)C=CC2=O)C(C)C)cc1. The average molecular weight is 1680 g/mol. The highest BCUT2D eigenvalue weighted by atomic mass is 35.5. The highest BCUT2D eigenvalue weighted by Crippen LogP contribution is 2.49. The molecule has 36 heteroatoms. The molecule has 0 saturated carbocycles. The second-order valence-electron chi connectivity index (χ2n) is 29.0. The van der Waals surface area contributed by atoms with Gasteiger partial charge in [0.1, 0.15) is 47.4 Å². The van der Waals surface area contributed by atoms with Crippen molar-refractivity contribution in [2.24, 2.45) is 11.8 Å². The number of anilines is 3. The zero-order valence-corrected chi connectivity index (χ0v) is 69.7. The second kappa shape index (κ2) is 49.0. The number of carbonyl (C=O) groups excluding carboxylic acids is 10. The first kappa shape index (κ1) is 95.5. The summed E-state index contributed by atoms with van der Waals surface area (Å²) in [6.07, 6.45) is 4.81. The van der Waals surface area contributed by atoms with E-state index in [0.29, 0.717) is 122 Å². The number of rotatable bonds is 47. The van der Waals surface area contributed by atoms with Gasteiger partial charge in [-0.25, -0.2) is 14.4 Å². The molecule has 7 N–H and O–H groups in total. The molecule has 2 fully saturated rings. The van der Waals surface area contributed by atoms with Crippen LogP contribution in [-0.2, 0) is 115 Å². The number of aliphatic carboxylic acids is 1.